The number of aryl methyl sites for hydroxylation is 1. The van der Waals surface area contributed by atoms with E-state index in [9.17, 15) is 13.2 Å². The summed E-state index contributed by atoms with van der Waals surface area (Å²) in [6.45, 7) is 3.56. The number of hydrogen-bond acceptors (Lipinski definition) is 4. The average Bonchev–Trinajstić information content (AvgIpc) is 3.15. The highest BCUT2D eigenvalue weighted by molar-refractivity contribution is 7.92. The molecule has 1 heterocycles. The quantitative estimate of drug-likeness (QED) is 0.839. The average molecular weight is 373 g/mol. The van der Waals surface area contributed by atoms with Crippen LogP contribution in [0.3, 0.4) is 0 Å². The normalized spacial score (nSPS) is 17.1. The summed E-state index contributed by atoms with van der Waals surface area (Å²) >= 11 is 0. The molecule has 0 bridgehead atoms. The first kappa shape index (κ1) is 18.4. The second-order valence-corrected chi connectivity index (χ2v) is 8.47. The zero-order chi connectivity index (χ0) is 18.7. The van der Waals surface area contributed by atoms with Crippen molar-refractivity contribution in [1.29, 1.82) is 0 Å². The van der Waals surface area contributed by atoms with Gasteiger partial charge in [0.1, 0.15) is 0 Å². The largest absolute Gasteiger partial charge is 0.348 e. The molecular weight excluding hydrogens is 350 g/mol. The number of hydrogen-bond donors (Lipinski definition) is 2. The highest BCUT2D eigenvalue weighted by atomic mass is 32.2. The lowest BCUT2D eigenvalue weighted by Crippen LogP contribution is -2.36. The van der Waals surface area contributed by atoms with E-state index < -0.39 is 10.0 Å². The van der Waals surface area contributed by atoms with Gasteiger partial charge in [0, 0.05) is 25.2 Å². The summed E-state index contributed by atoms with van der Waals surface area (Å²) < 4.78 is 27.1. The topological polar surface area (TPSA) is 78.5 Å². The Morgan fingerprint density at radius 1 is 1.19 bits per heavy atom. The van der Waals surface area contributed by atoms with Gasteiger partial charge in [-0.1, -0.05) is 23.8 Å². The molecule has 1 aliphatic heterocycles. The number of anilines is 1. The Hall–Kier alpha value is -2.38. The van der Waals surface area contributed by atoms with E-state index >= 15 is 0 Å². The van der Waals surface area contributed by atoms with Gasteiger partial charge >= 0.3 is 0 Å². The van der Waals surface area contributed by atoms with Crippen LogP contribution in [-0.4, -0.2) is 40.5 Å². The van der Waals surface area contributed by atoms with E-state index in [-0.39, 0.29) is 16.8 Å². The number of sulfonamides is 1. The van der Waals surface area contributed by atoms with Crippen LogP contribution in [0.25, 0.3) is 0 Å². The van der Waals surface area contributed by atoms with Crippen molar-refractivity contribution in [3.63, 3.8) is 0 Å². The fourth-order valence-electron chi connectivity index (χ4n) is 2.90. The van der Waals surface area contributed by atoms with Crippen LogP contribution in [0.5, 0.6) is 0 Å². The third-order valence-electron chi connectivity index (χ3n) is 4.55. The van der Waals surface area contributed by atoms with E-state index in [1.807, 2.05) is 19.1 Å². The highest BCUT2D eigenvalue weighted by Gasteiger charge is 2.23. The summed E-state index contributed by atoms with van der Waals surface area (Å²) in [5, 5.41) is 6.12. The second kappa shape index (κ2) is 7.47. The molecule has 0 spiro atoms. The van der Waals surface area contributed by atoms with Crippen molar-refractivity contribution in [3.05, 3.63) is 59.7 Å². The van der Waals surface area contributed by atoms with Crippen LogP contribution < -0.4 is 14.9 Å². The molecule has 1 atom stereocenters. The van der Waals surface area contributed by atoms with Crippen LogP contribution in [0.4, 0.5) is 5.69 Å². The number of carbonyl (C=O) groups is 1. The summed E-state index contributed by atoms with van der Waals surface area (Å²) in [6.07, 6.45) is 0.875. The summed E-state index contributed by atoms with van der Waals surface area (Å²) in [5.74, 6) is -0.256. The summed E-state index contributed by atoms with van der Waals surface area (Å²) in [7, 11) is -2.24. The zero-order valence-electron chi connectivity index (χ0n) is 14.9. The predicted molar refractivity (Wildman–Crippen MR) is 102 cm³/mol. The SMILES string of the molecule is Cc1ccc(N(C)S(=O)(=O)c2cccc(C(=O)NC3CCNC3)c2)cc1. The Morgan fingerprint density at radius 2 is 1.92 bits per heavy atom. The molecule has 0 radical (unpaired) electrons. The Kier molecular flexibility index (Phi) is 5.29. The molecule has 2 N–H and O–H groups in total. The molecular formula is C19H23N3O3S. The van der Waals surface area contributed by atoms with Gasteiger partial charge in [0.2, 0.25) is 0 Å². The van der Waals surface area contributed by atoms with Gasteiger partial charge in [0.15, 0.2) is 0 Å². The standard InChI is InChI=1S/C19H23N3O3S/c1-14-6-8-17(9-7-14)22(2)26(24,25)18-5-3-4-15(12-18)19(23)21-16-10-11-20-13-16/h3-9,12,16,20H,10-11,13H2,1-2H3,(H,21,23). The summed E-state index contributed by atoms with van der Waals surface area (Å²) in [6, 6.07) is 13.5. The third-order valence-corrected chi connectivity index (χ3v) is 6.33. The van der Waals surface area contributed by atoms with Crippen LogP contribution in [-0.2, 0) is 10.0 Å². The number of carbonyl (C=O) groups excluding carboxylic acids is 1. The van der Waals surface area contributed by atoms with Gasteiger partial charge in [0.05, 0.1) is 10.6 Å². The molecule has 1 amide bonds. The van der Waals surface area contributed by atoms with Crippen molar-refractivity contribution >= 4 is 21.6 Å². The van der Waals surface area contributed by atoms with Crippen molar-refractivity contribution in [2.75, 3.05) is 24.4 Å². The molecule has 0 saturated carbocycles. The van der Waals surface area contributed by atoms with Gasteiger partial charge < -0.3 is 10.6 Å². The maximum atomic E-state index is 12.9. The molecule has 3 rings (SSSR count). The van der Waals surface area contributed by atoms with Gasteiger partial charge in [-0.3, -0.25) is 9.10 Å². The molecule has 2 aromatic rings. The first-order valence-electron chi connectivity index (χ1n) is 8.55. The van der Waals surface area contributed by atoms with Gasteiger partial charge in [-0.2, -0.15) is 0 Å². The van der Waals surface area contributed by atoms with Crippen LogP contribution in [0, 0.1) is 6.92 Å². The molecule has 1 unspecified atom stereocenters. The molecule has 2 aromatic carbocycles. The highest BCUT2D eigenvalue weighted by Crippen LogP contribution is 2.23. The van der Waals surface area contributed by atoms with Crippen LogP contribution in [0.1, 0.15) is 22.3 Å². The van der Waals surface area contributed by atoms with Crippen LogP contribution in [0.2, 0.25) is 0 Å². The van der Waals surface area contributed by atoms with Crippen LogP contribution >= 0.6 is 0 Å². The lowest BCUT2D eigenvalue weighted by atomic mass is 10.2. The predicted octanol–water partition coefficient (Wildman–Crippen LogP) is 1.91. The van der Waals surface area contributed by atoms with Crippen LogP contribution in [0.15, 0.2) is 53.4 Å². The lowest BCUT2D eigenvalue weighted by Gasteiger charge is -2.20. The monoisotopic (exact) mass is 373 g/mol. The van der Waals surface area contributed by atoms with E-state index in [0.717, 1.165) is 25.1 Å². The van der Waals surface area contributed by atoms with E-state index in [1.165, 1.54) is 23.5 Å². The minimum Gasteiger partial charge on any atom is -0.348 e. The first-order valence-corrected chi connectivity index (χ1v) is 9.99. The Labute approximate surface area is 154 Å². The molecule has 1 fully saturated rings. The van der Waals surface area contributed by atoms with Gasteiger partial charge in [-0.25, -0.2) is 8.42 Å². The summed E-state index contributed by atoms with van der Waals surface area (Å²) in [4.78, 5) is 12.5. The number of amides is 1. The molecule has 6 nitrogen and oxygen atoms in total. The fourth-order valence-corrected chi connectivity index (χ4v) is 4.14. The molecule has 1 aliphatic rings. The fraction of sp³-hybridized carbons (Fsp3) is 0.316. The molecule has 26 heavy (non-hydrogen) atoms. The van der Waals surface area contributed by atoms with E-state index in [0.29, 0.717) is 11.3 Å². The van der Waals surface area contributed by atoms with Gasteiger partial charge in [0.25, 0.3) is 15.9 Å². The molecule has 138 valence electrons. The number of nitrogens with one attached hydrogen (secondary N) is 2. The summed E-state index contributed by atoms with van der Waals surface area (Å²) in [5.41, 5.74) is 1.97. The Bertz CT molecular complexity index is 889. The van der Waals surface area contributed by atoms with Crippen molar-refractivity contribution in [1.82, 2.24) is 10.6 Å². The van der Waals surface area contributed by atoms with Gasteiger partial charge in [-0.15, -0.1) is 0 Å². The zero-order valence-corrected chi connectivity index (χ0v) is 15.7. The third kappa shape index (κ3) is 3.89. The van der Waals surface area contributed by atoms with E-state index in [4.69, 9.17) is 0 Å². The van der Waals surface area contributed by atoms with Gasteiger partial charge in [-0.05, 0) is 50.2 Å². The lowest BCUT2D eigenvalue weighted by molar-refractivity contribution is 0.0940. The number of benzene rings is 2. The maximum Gasteiger partial charge on any atom is 0.264 e. The van der Waals surface area contributed by atoms with Crippen molar-refractivity contribution in [2.24, 2.45) is 0 Å². The molecule has 0 aromatic heterocycles. The second-order valence-electron chi connectivity index (χ2n) is 6.50. The molecule has 0 aliphatic carbocycles. The van der Waals surface area contributed by atoms with Crippen molar-refractivity contribution in [3.8, 4) is 0 Å². The maximum absolute atomic E-state index is 12.9. The number of rotatable bonds is 5. The number of nitrogens with zero attached hydrogens (tertiary/aromatic N) is 1. The van der Waals surface area contributed by atoms with Crippen molar-refractivity contribution in [2.45, 2.75) is 24.3 Å². The Balaban J connectivity index is 1.83. The minimum atomic E-state index is -3.75. The van der Waals surface area contributed by atoms with Crippen molar-refractivity contribution < 1.29 is 13.2 Å². The first-order chi connectivity index (χ1) is 12.4. The minimum absolute atomic E-state index is 0.0815. The van der Waals surface area contributed by atoms with E-state index in [1.54, 1.807) is 24.3 Å². The smallest absolute Gasteiger partial charge is 0.264 e. The van der Waals surface area contributed by atoms with E-state index in [2.05, 4.69) is 10.6 Å². The molecule has 7 heteroatoms. The molecule has 1 saturated heterocycles. The Morgan fingerprint density at radius 3 is 2.58 bits per heavy atom.